The van der Waals surface area contributed by atoms with E-state index < -0.39 is 27.9 Å². The van der Waals surface area contributed by atoms with E-state index >= 15 is 0 Å². The second kappa shape index (κ2) is 7.14. The summed E-state index contributed by atoms with van der Waals surface area (Å²) in [6, 6.07) is 6.75. The summed E-state index contributed by atoms with van der Waals surface area (Å²) in [7, 11) is -3.27. The van der Waals surface area contributed by atoms with Gasteiger partial charge in [-0.15, -0.1) is 0 Å². The van der Waals surface area contributed by atoms with Crippen LogP contribution in [0.15, 0.2) is 30.3 Å². The molecule has 1 aromatic carbocycles. The van der Waals surface area contributed by atoms with E-state index in [1.54, 1.807) is 10.7 Å². The number of fused-ring (bicyclic) bond motifs is 1. The van der Waals surface area contributed by atoms with Gasteiger partial charge in [-0.2, -0.15) is 9.40 Å². The monoisotopic (exact) mass is 382 g/mol. The molecule has 1 aromatic heterocycles. The third-order valence-electron chi connectivity index (χ3n) is 4.16. The van der Waals surface area contributed by atoms with Gasteiger partial charge in [-0.25, -0.2) is 12.8 Å². The van der Waals surface area contributed by atoms with Crippen molar-refractivity contribution in [1.82, 2.24) is 19.4 Å². The van der Waals surface area contributed by atoms with Gasteiger partial charge >= 0.3 is 0 Å². The number of nitrogens with one attached hydrogen (secondary N) is 1. The SMILES string of the molecule is CS(=O)(=O)N1CCn2nc(CNC(=O)[C@H](O)c3ccc(F)cc3)cc2C1. The van der Waals surface area contributed by atoms with Gasteiger partial charge in [0, 0.05) is 6.54 Å². The number of sulfonamides is 1. The van der Waals surface area contributed by atoms with Crippen LogP contribution in [0.1, 0.15) is 23.1 Å². The number of carbonyl (C=O) groups excluding carboxylic acids is 1. The van der Waals surface area contributed by atoms with E-state index in [9.17, 15) is 22.7 Å². The van der Waals surface area contributed by atoms with E-state index in [-0.39, 0.29) is 18.7 Å². The van der Waals surface area contributed by atoms with Crippen molar-refractivity contribution in [2.45, 2.75) is 25.7 Å². The lowest BCUT2D eigenvalue weighted by Crippen LogP contribution is -2.37. The molecule has 10 heteroatoms. The number of hydrogen-bond donors (Lipinski definition) is 2. The summed E-state index contributed by atoms with van der Waals surface area (Å²) < 4.78 is 39.2. The first kappa shape index (κ1) is 18.5. The minimum absolute atomic E-state index is 0.0932. The topological polar surface area (TPSA) is 105 Å². The first-order valence-corrected chi connectivity index (χ1v) is 9.81. The highest BCUT2D eigenvalue weighted by molar-refractivity contribution is 7.88. The zero-order chi connectivity index (χ0) is 18.9. The Morgan fingerprint density at radius 3 is 2.69 bits per heavy atom. The van der Waals surface area contributed by atoms with Crippen LogP contribution in [0.2, 0.25) is 0 Å². The number of halogens is 1. The highest BCUT2D eigenvalue weighted by Crippen LogP contribution is 2.17. The summed E-state index contributed by atoms with van der Waals surface area (Å²) in [4.78, 5) is 12.1. The second-order valence-electron chi connectivity index (χ2n) is 6.12. The molecule has 0 saturated heterocycles. The molecule has 0 unspecified atom stereocenters. The molecule has 0 radical (unpaired) electrons. The first-order valence-electron chi connectivity index (χ1n) is 7.96. The number of rotatable bonds is 5. The molecule has 0 spiro atoms. The summed E-state index contributed by atoms with van der Waals surface area (Å²) in [5.41, 5.74) is 1.59. The van der Waals surface area contributed by atoms with Gasteiger partial charge in [0.25, 0.3) is 5.91 Å². The van der Waals surface area contributed by atoms with Crippen LogP contribution in [-0.4, -0.2) is 46.3 Å². The summed E-state index contributed by atoms with van der Waals surface area (Å²) in [6.07, 6.45) is -0.245. The van der Waals surface area contributed by atoms with Crippen molar-refractivity contribution in [2.24, 2.45) is 0 Å². The average molecular weight is 382 g/mol. The highest BCUT2D eigenvalue weighted by Gasteiger charge is 2.25. The fourth-order valence-electron chi connectivity index (χ4n) is 2.74. The Hall–Kier alpha value is -2.30. The Balaban J connectivity index is 1.61. The van der Waals surface area contributed by atoms with Crippen LogP contribution < -0.4 is 5.32 Å². The van der Waals surface area contributed by atoms with Gasteiger partial charge < -0.3 is 10.4 Å². The molecule has 2 heterocycles. The van der Waals surface area contributed by atoms with Crippen molar-refractivity contribution in [3.63, 3.8) is 0 Å². The van der Waals surface area contributed by atoms with Crippen LogP contribution in [0.3, 0.4) is 0 Å². The van der Waals surface area contributed by atoms with Crippen LogP contribution in [0, 0.1) is 5.82 Å². The number of aromatic nitrogens is 2. The van der Waals surface area contributed by atoms with Gasteiger partial charge in [0.1, 0.15) is 5.82 Å². The number of aliphatic hydroxyl groups excluding tert-OH is 1. The maximum absolute atomic E-state index is 12.9. The summed E-state index contributed by atoms with van der Waals surface area (Å²) in [5.74, 6) is -1.08. The van der Waals surface area contributed by atoms with E-state index in [4.69, 9.17) is 0 Å². The van der Waals surface area contributed by atoms with Gasteiger partial charge in [-0.1, -0.05) is 12.1 Å². The molecular formula is C16H19FN4O4S. The summed E-state index contributed by atoms with van der Waals surface area (Å²) >= 11 is 0. The Bertz CT molecular complexity index is 911. The number of hydrogen-bond acceptors (Lipinski definition) is 5. The highest BCUT2D eigenvalue weighted by atomic mass is 32.2. The fraction of sp³-hybridized carbons (Fsp3) is 0.375. The van der Waals surface area contributed by atoms with Gasteiger partial charge in [-0.05, 0) is 23.8 Å². The number of amides is 1. The lowest BCUT2D eigenvalue weighted by molar-refractivity contribution is -0.129. The van der Waals surface area contributed by atoms with Crippen LogP contribution >= 0.6 is 0 Å². The van der Waals surface area contributed by atoms with Crippen LogP contribution in [0.4, 0.5) is 4.39 Å². The lowest BCUT2D eigenvalue weighted by Gasteiger charge is -2.25. The molecule has 140 valence electrons. The van der Waals surface area contributed by atoms with Crippen molar-refractivity contribution < 1.29 is 22.7 Å². The zero-order valence-corrected chi connectivity index (χ0v) is 14.9. The molecular weight excluding hydrogens is 363 g/mol. The third kappa shape index (κ3) is 4.09. The molecule has 1 atom stereocenters. The second-order valence-corrected chi connectivity index (χ2v) is 8.10. The van der Waals surface area contributed by atoms with Crippen molar-refractivity contribution in [3.05, 3.63) is 53.1 Å². The zero-order valence-electron chi connectivity index (χ0n) is 14.1. The summed E-state index contributed by atoms with van der Waals surface area (Å²) in [5, 5.41) is 16.9. The summed E-state index contributed by atoms with van der Waals surface area (Å²) in [6.45, 7) is 1.12. The third-order valence-corrected chi connectivity index (χ3v) is 5.41. The van der Waals surface area contributed by atoms with E-state index in [1.165, 1.54) is 28.6 Å². The maximum Gasteiger partial charge on any atom is 0.253 e. The minimum atomic E-state index is -3.27. The van der Waals surface area contributed by atoms with Crippen molar-refractivity contribution in [3.8, 4) is 0 Å². The fourth-order valence-corrected chi connectivity index (χ4v) is 3.52. The Morgan fingerprint density at radius 2 is 2.04 bits per heavy atom. The largest absolute Gasteiger partial charge is 0.378 e. The number of nitrogens with zero attached hydrogens (tertiary/aromatic N) is 3. The predicted octanol–water partition coefficient (Wildman–Crippen LogP) is 0.147. The Kier molecular flexibility index (Phi) is 5.08. The molecule has 26 heavy (non-hydrogen) atoms. The first-order chi connectivity index (χ1) is 12.2. The maximum atomic E-state index is 12.9. The van der Waals surface area contributed by atoms with Crippen LogP contribution in [-0.2, 0) is 34.5 Å². The van der Waals surface area contributed by atoms with E-state index in [0.717, 1.165) is 11.9 Å². The predicted molar refractivity (Wildman–Crippen MR) is 90.7 cm³/mol. The molecule has 0 aliphatic carbocycles. The molecule has 0 fully saturated rings. The van der Waals surface area contributed by atoms with E-state index in [0.29, 0.717) is 18.8 Å². The average Bonchev–Trinajstić information content (AvgIpc) is 3.01. The molecule has 0 saturated carbocycles. The van der Waals surface area contributed by atoms with Gasteiger partial charge in [0.15, 0.2) is 6.10 Å². The Labute approximate surface area is 150 Å². The van der Waals surface area contributed by atoms with E-state index in [1.807, 2.05) is 0 Å². The smallest absolute Gasteiger partial charge is 0.253 e. The van der Waals surface area contributed by atoms with Crippen molar-refractivity contribution in [1.29, 1.82) is 0 Å². The lowest BCUT2D eigenvalue weighted by atomic mass is 10.1. The van der Waals surface area contributed by atoms with Crippen LogP contribution in [0.5, 0.6) is 0 Å². The number of aliphatic hydroxyl groups is 1. The van der Waals surface area contributed by atoms with Crippen molar-refractivity contribution in [2.75, 3.05) is 12.8 Å². The Morgan fingerprint density at radius 1 is 1.35 bits per heavy atom. The van der Waals surface area contributed by atoms with E-state index in [2.05, 4.69) is 10.4 Å². The minimum Gasteiger partial charge on any atom is -0.378 e. The molecule has 1 amide bonds. The molecule has 2 N–H and O–H groups in total. The molecule has 2 aromatic rings. The van der Waals surface area contributed by atoms with Gasteiger partial charge in [0.05, 0.1) is 37.3 Å². The molecule has 1 aliphatic rings. The standard InChI is InChI=1S/C16H19FN4O4S/c1-26(24,25)20-6-7-21-14(10-20)8-13(19-21)9-18-16(23)15(22)11-2-4-12(17)5-3-11/h2-5,8,15,22H,6-7,9-10H2,1H3,(H,18,23)/t15-/m1/s1. The molecule has 1 aliphatic heterocycles. The molecule has 0 bridgehead atoms. The molecule has 3 rings (SSSR count). The number of carbonyl (C=O) groups is 1. The molecule has 8 nitrogen and oxygen atoms in total. The quantitative estimate of drug-likeness (QED) is 0.766. The normalized spacial score (nSPS) is 16.1. The van der Waals surface area contributed by atoms with Gasteiger partial charge in [0.2, 0.25) is 10.0 Å². The van der Waals surface area contributed by atoms with Gasteiger partial charge in [-0.3, -0.25) is 9.48 Å². The van der Waals surface area contributed by atoms with Crippen molar-refractivity contribution >= 4 is 15.9 Å². The van der Waals surface area contributed by atoms with Crippen LogP contribution in [0.25, 0.3) is 0 Å². The number of benzene rings is 1.